The Bertz CT molecular complexity index is 536. The molecule has 0 atom stereocenters. The largest absolute Gasteiger partial charge is 0.490 e. The molecule has 0 unspecified atom stereocenters. The van der Waals surface area contributed by atoms with E-state index in [0.29, 0.717) is 19.5 Å². The SMILES string of the molecule is CCC(C)(C)OC(=O)N1CCC(Oc2ccc(CCCF)cc2)CC1. The number of carbonyl (C=O) groups excluding carboxylic acids is 1. The van der Waals surface area contributed by atoms with E-state index in [9.17, 15) is 9.18 Å². The Hall–Kier alpha value is -1.78. The zero-order valence-electron chi connectivity index (χ0n) is 15.6. The van der Waals surface area contributed by atoms with Crippen molar-refractivity contribution in [3.63, 3.8) is 0 Å². The molecule has 0 N–H and O–H groups in total. The van der Waals surface area contributed by atoms with Gasteiger partial charge in [0, 0.05) is 25.9 Å². The predicted octanol–water partition coefficient (Wildman–Crippen LogP) is 4.76. The Morgan fingerprint density at radius 3 is 2.44 bits per heavy atom. The minimum absolute atomic E-state index is 0.111. The van der Waals surface area contributed by atoms with E-state index in [1.807, 2.05) is 45.0 Å². The maximum absolute atomic E-state index is 12.2. The van der Waals surface area contributed by atoms with Gasteiger partial charge in [-0.1, -0.05) is 19.1 Å². The van der Waals surface area contributed by atoms with Gasteiger partial charge >= 0.3 is 6.09 Å². The molecule has 1 aromatic rings. The molecule has 0 aromatic heterocycles. The van der Waals surface area contributed by atoms with Crippen molar-refractivity contribution in [1.82, 2.24) is 4.90 Å². The zero-order chi connectivity index (χ0) is 18.3. The third-order valence-corrected chi connectivity index (χ3v) is 4.74. The molecule has 1 heterocycles. The third kappa shape index (κ3) is 6.22. The molecule has 1 fully saturated rings. The molecule has 0 saturated carbocycles. The summed E-state index contributed by atoms with van der Waals surface area (Å²) in [5.41, 5.74) is 0.704. The zero-order valence-corrected chi connectivity index (χ0v) is 15.6. The van der Waals surface area contributed by atoms with E-state index < -0.39 is 5.60 Å². The van der Waals surface area contributed by atoms with Gasteiger partial charge in [0.1, 0.15) is 17.5 Å². The van der Waals surface area contributed by atoms with Crippen LogP contribution in [0.1, 0.15) is 52.0 Å². The molecule has 0 aliphatic carbocycles. The van der Waals surface area contributed by atoms with Crippen LogP contribution in [-0.4, -0.2) is 42.5 Å². The molecule has 140 valence electrons. The van der Waals surface area contributed by atoms with Crippen LogP contribution in [0.5, 0.6) is 5.75 Å². The van der Waals surface area contributed by atoms with E-state index >= 15 is 0 Å². The molecular weight excluding hydrogens is 321 g/mol. The number of carbonyl (C=O) groups is 1. The van der Waals surface area contributed by atoms with Crippen LogP contribution in [0.2, 0.25) is 0 Å². The van der Waals surface area contributed by atoms with Gasteiger partial charge in [-0.15, -0.1) is 0 Å². The van der Waals surface area contributed by atoms with E-state index in [1.165, 1.54) is 0 Å². The Labute approximate surface area is 150 Å². The van der Waals surface area contributed by atoms with Gasteiger partial charge in [0.25, 0.3) is 0 Å². The summed E-state index contributed by atoms with van der Waals surface area (Å²) in [4.78, 5) is 14.0. The number of alkyl halides is 1. The first-order valence-corrected chi connectivity index (χ1v) is 9.23. The molecule has 25 heavy (non-hydrogen) atoms. The highest BCUT2D eigenvalue weighted by Gasteiger charge is 2.28. The Balaban J connectivity index is 1.77. The number of hydrogen-bond acceptors (Lipinski definition) is 3. The second-order valence-corrected chi connectivity index (χ2v) is 7.22. The Kier molecular flexibility index (Phi) is 7.09. The average molecular weight is 351 g/mol. The molecular formula is C20H30FNO3. The number of nitrogens with zero attached hydrogens (tertiary/aromatic N) is 1. The van der Waals surface area contributed by atoms with Crippen LogP contribution in [-0.2, 0) is 11.2 Å². The number of rotatable bonds is 7. The van der Waals surface area contributed by atoms with Crippen LogP contribution < -0.4 is 4.74 Å². The molecule has 4 nitrogen and oxygen atoms in total. The van der Waals surface area contributed by atoms with Crippen LogP contribution in [0.25, 0.3) is 0 Å². The van der Waals surface area contributed by atoms with Crippen LogP contribution >= 0.6 is 0 Å². The molecule has 1 aliphatic heterocycles. The smallest absolute Gasteiger partial charge is 0.410 e. The number of halogens is 1. The first-order valence-electron chi connectivity index (χ1n) is 9.23. The topological polar surface area (TPSA) is 38.8 Å². The monoisotopic (exact) mass is 351 g/mol. The van der Waals surface area contributed by atoms with Crippen LogP contribution in [0.3, 0.4) is 0 Å². The minimum Gasteiger partial charge on any atom is -0.490 e. The number of benzene rings is 1. The van der Waals surface area contributed by atoms with E-state index in [0.717, 1.165) is 37.0 Å². The number of ether oxygens (including phenoxy) is 2. The van der Waals surface area contributed by atoms with Crippen LogP contribution in [0.4, 0.5) is 9.18 Å². The first-order chi connectivity index (χ1) is 11.9. The van der Waals surface area contributed by atoms with Crippen LogP contribution in [0.15, 0.2) is 24.3 Å². The predicted molar refractivity (Wildman–Crippen MR) is 96.8 cm³/mol. The van der Waals surface area contributed by atoms with Gasteiger partial charge in [0.15, 0.2) is 0 Å². The van der Waals surface area contributed by atoms with Gasteiger partial charge in [-0.2, -0.15) is 0 Å². The van der Waals surface area contributed by atoms with Crippen molar-refractivity contribution in [1.29, 1.82) is 0 Å². The fraction of sp³-hybridized carbons (Fsp3) is 0.650. The molecule has 1 amide bonds. The van der Waals surface area contributed by atoms with E-state index in [4.69, 9.17) is 9.47 Å². The number of hydrogen-bond donors (Lipinski definition) is 0. The molecule has 5 heteroatoms. The van der Waals surface area contributed by atoms with E-state index in [-0.39, 0.29) is 18.9 Å². The average Bonchev–Trinajstić information content (AvgIpc) is 2.61. The number of amides is 1. The maximum atomic E-state index is 12.2. The lowest BCUT2D eigenvalue weighted by atomic mass is 10.1. The molecule has 1 aromatic carbocycles. The molecule has 0 bridgehead atoms. The number of piperidine rings is 1. The molecule has 1 aliphatic rings. The second-order valence-electron chi connectivity index (χ2n) is 7.22. The Morgan fingerprint density at radius 2 is 1.88 bits per heavy atom. The minimum atomic E-state index is -0.422. The van der Waals surface area contributed by atoms with Crippen molar-refractivity contribution in [2.45, 2.75) is 64.6 Å². The summed E-state index contributed by atoms with van der Waals surface area (Å²) in [6.07, 6.45) is 3.58. The van der Waals surface area contributed by atoms with Gasteiger partial charge < -0.3 is 14.4 Å². The molecule has 2 rings (SSSR count). The Morgan fingerprint density at radius 1 is 1.24 bits per heavy atom. The lowest BCUT2D eigenvalue weighted by molar-refractivity contribution is 0.00126. The number of likely N-dealkylation sites (tertiary alicyclic amines) is 1. The normalized spacial score (nSPS) is 15.9. The lowest BCUT2D eigenvalue weighted by Gasteiger charge is -2.34. The van der Waals surface area contributed by atoms with Gasteiger partial charge in [0.05, 0.1) is 6.67 Å². The quantitative estimate of drug-likeness (QED) is 0.711. The van der Waals surface area contributed by atoms with Gasteiger partial charge in [-0.25, -0.2) is 4.79 Å². The third-order valence-electron chi connectivity index (χ3n) is 4.74. The maximum Gasteiger partial charge on any atom is 0.410 e. The summed E-state index contributed by atoms with van der Waals surface area (Å²) in [5, 5.41) is 0. The van der Waals surface area contributed by atoms with Gasteiger partial charge in [-0.3, -0.25) is 4.39 Å². The molecule has 1 saturated heterocycles. The fourth-order valence-electron chi connectivity index (χ4n) is 2.73. The van der Waals surface area contributed by atoms with Gasteiger partial charge in [0.2, 0.25) is 0 Å². The summed E-state index contributed by atoms with van der Waals surface area (Å²) in [6.45, 7) is 6.89. The summed E-state index contributed by atoms with van der Waals surface area (Å²) in [7, 11) is 0. The standard InChI is InChI=1S/C20H30FNO3/c1-4-20(2,3)25-19(23)22-14-11-18(12-15-22)24-17-9-7-16(8-10-17)6-5-13-21/h7-10,18H,4-6,11-15H2,1-3H3. The molecule has 0 radical (unpaired) electrons. The number of aryl methyl sites for hydroxylation is 1. The highest BCUT2D eigenvalue weighted by atomic mass is 19.1. The summed E-state index contributed by atoms with van der Waals surface area (Å²) in [6, 6.07) is 7.87. The van der Waals surface area contributed by atoms with Crippen molar-refractivity contribution in [3.8, 4) is 5.75 Å². The van der Waals surface area contributed by atoms with Crippen molar-refractivity contribution in [2.75, 3.05) is 19.8 Å². The van der Waals surface area contributed by atoms with Crippen molar-refractivity contribution in [3.05, 3.63) is 29.8 Å². The fourth-order valence-corrected chi connectivity index (χ4v) is 2.73. The van der Waals surface area contributed by atoms with Crippen LogP contribution in [0, 0.1) is 0 Å². The first kappa shape index (κ1) is 19.5. The second kappa shape index (κ2) is 9.07. The van der Waals surface area contributed by atoms with E-state index in [2.05, 4.69) is 0 Å². The van der Waals surface area contributed by atoms with Gasteiger partial charge in [-0.05, 0) is 50.8 Å². The summed E-state index contributed by atoms with van der Waals surface area (Å²) in [5.74, 6) is 0.831. The van der Waals surface area contributed by atoms with Crippen molar-refractivity contribution in [2.24, 2.45) is 0 Å². The highest BCUT2D eigenvalue weighted by molar-refractivity contribution is 5.68. The highest BCUT2D eigenvalue weighted by Crippen LogP contribution is 2.22. The molecule has 0 spiro atoms. The van der Waals surface area contributed by atoms with E-state index in [1.54, 1.807) is 4.90 Å². The lowest BCUT2D eigenvalue weighted by Crippen LogP contribution is -2.44. The van der Waals surface area contributed by atoms with Crippen molar-refractivity contribution < 1.29 is 18.7 Å². The summed E-state index contributed by atoms with van der Waals surface area (Å²) < 4.78 is 23.8. The summed E-state index contributed by atoms with van der Waals surface area (Å²) >= 11 is 0. The van der Waals surface area contributed by atoms with Crippen molar-refractivity contribution >= 4 is 6.09 Å².